The molecule has 0 aromatic carbocycles. The molecular weight excluding hydrogens is 290 g/mol. The molecule has 0 bridgehead atoms. The van der Waals surface area contributed by atoms with Crippen LogP contribution in [-0.4, -0.2) is 55.0 Å². The lowest BCUT2D eigenvalue weighted by molar-refractivity contribution is -0.135. The SMILES string of the molecule is CNC(=O)N1CCC(C2CCN(C(=O)C3CCCCC3)C2)CC1. The molecular formula is C18H31N3O2. The van der Waals surface area contributed by atoms with Crippen LogP contribution in [0.15, 0.2) is 0 Å². The van der Waals surface area contributed by atoms with Crippen LogP contribution in [0.4, 0.5) is 4.79 Å². The highest BCUT2D eigenvalue weighted by Crippen LogP contribution is 2.34. The lowest BCUT2D eigenvalue weighted by Crippen LogP contribution is -2.44. The Hall–Kier alpha value is -1.26. The van der Waals surface area contributed by atoms with Crippen molar-refractivity contribution < 1.29 is 9.59 Å². The molecule has 0 aromatic rings. The van der Waals surface area contributed by atoms with Crippen LogP contribution < -0.4 is 5.32 Å². The summed E-state index contributed by atoms with van der Waals surface area (Å²) in [5, 5.41) is 2.71. The van der Waals surface area contributed by atoms with Gasteiger partial charge in [0.05, 0.1) is 0 Å². The summed E-state index contributed by atoms with van der Waals surface area (Å²) in [4.78, 5) is 28.4. The van der Waals surface area contributed by atoms with Gasteiger partial charge in [0.25, 0.3) is 0 Å². The number of carbonyl (C=O) groups is 2. The Morgan fingerprint density at radius 1 is 0.826 bits per heavy atom. The Kier molecular flexibility index (Phi) is 5.44. The van der Waals surface area contributed by atoms with Crippen molar-refractivity contribution in [1.82, 2.24) is 15.1 Å². The van der Waals surface area contributed by atoms with Crippen LogP contribution in [0.3, 0.4) is 0 Å². The summed E-state index contributed by atoms with van der Waals surface area (Å²) in [6.45, 7) is 3.63. The number of urea groups is 1. The third-order valence-corrected chi connectivity index (χ3v) is 6.20. The zero-order valence-corrected chi connectivity index (χ0v) is 14.4. The fourth-order valence-electron chi connectivity index (χ4n) is 4.71. The topological polar surface area (TPSA) is 52.7 Å². The maximum absolute atomic E-state index is 12.7. The molecule has 2 aliphatic heterocycles. The lowest BCUT2D eigenvalue weighted by atomic mass is 9.83. The Labute approximate surface area is 139 Å². The maximum atomic E-state index is 12.7. The summed E-state index contributed by atoms with van der Waals surface area (Å²) in [6.07, 6.45) is 9.29. The lowest BCUT2D eigenvalue weighted by Gasteiger charge is -2.34. The Morgan fingerprint density at radius 3 is 2.09 bits per heavy atom. The number of piperidine rings is 1. The second kappa shape index (κ2) is 7.54. The van der Waals surface area contributed by atoms with Gasteiger partial charge in [-0.05, 0) is 43.9 Å². The van der Waals surface area contributed by atoms with Gasteiger partial charge >= 0.3 is 6.03 Å². The van der Waals surface area contributed by atoms with E-state index in [2.05, 4.69) is 10.2 Å². The Bertz CT molecular complexity index is 426. The van der Waals surface area contributed by atoms with Crippen molar-refractivity contribution >= 4 is 11.9 Å². The van der Waals surface area contributed by atoms with Gasteiger partial charge in [0.15, 0.2) is 0 Å². The summed E-state index contributed by atoms with van der Waals surface area (Å²) in [6, 6.07) is 0.0453. The fourth-order valence-corrected chi connectivity index (χ4v) is 4.71. The minimum atomic E-state index is 0.0453. The molecule has 3 amide bonds. The fraction of sp³-hybridized carbons (Fsp3) is 0.889. The first-order valence-electron chi connectivity index (χ1n) is 9.44. The van der Waals surface area contributed by atoms with E-state index in [1.807, 2.05) is 4.90 Å². The van der Waals surface area contributed by atoms with Gasteiger partial charge in [-0.2, -0.15) is 0 Å². The van der Waals surface area contributed by atoms with E-state index in [4.69, 9.17) is 0 Å². The maximum Gasteiger partial charge on any atom is 0.317 e. The molecule has 3 rings (SSSR count). The molecule has 1 unspecified atom stereocenters. The van der Waals surface area contributed by atoms with Crippen molar-refractivity contribution in [3.05, 3.63) is 0 Å². The molecule has 0 radical (unpaired) electrons. The van der Waals surface area contributed by atoms with Gasteiger partial charge < -0.3 is 15.1 Å². The molecule has 130 valence electrons. The van der Waals surface area contributed by atoms with Crippen LogP contribution >= 0.6 is 0 Å². The largest absolute Gasteiger partial charge is 0.342 e. The molecule has 23 heavy (non-hydrogen) atoms. The molecule has 1 atom stereocenters. The van der Waals surface area contributed by atoms with Gasteiger partial charge in [0.1, 0.15) is 0 Å². The standard InChI is InChI=1S/C18H31N3O2/c1-19-18(23)20-10-7-14(8-11-20)16-9-12-21(13-16)17(22)15-5-3-2-4-6-15/h14-16H,2-13H2,1H3,(H,19,23). The van der Waals surface area contributed by atoms with Gasteiger partial charge in [-0.15, -0.1) is 0 Å². The molecule has 2 saturated heterocycles. The monoisotopic (exact) mass is 321 g/mol. The van der Waals surface area contributed by atoms with Crippen LogP contribution in [-0.2, 0) is 4.79 Å². The average Bonchev–Trinajstić information content (AvgIpc) is 3.11. The zero-order valence-electron chi connectivity index (χ0n) is 14.4. The molecule has 2 heterocycles. The number of hydrogen-bond acceptors (Lipinski definition) is 2. The van der Waals surface area contributed by atoms with Gasteiger partial charge in [0.2, 0.25) is 5.91 Å². The van der Waals surface area contributed by atoms with Crippen molar-refractivity contribution in [3.8, 4) is 0 Å². The third kappa shape index (κ3) is 3.81. The second-order valence-corrected chi connectivity index (χ2v) is 7.55. The highest BCUT2D eigenvalue weighted by atomic mass is 16.2. The van der Waals surface area contributed by atoms with Crippen molar-refractivity contribution in [2.75, 3.05) is 33.2 Å². The van der Waals surface area contributed by atoms with E-state index in [0.717, 1.165) is 58.3 Å². The van der Waals surface area contributed by atoms with Crippen LogP contribution in [0.25, 0.3) is 0 Å². The van der Waals surface area contributed by atoms with E-state index in [0.29, 0.717) is 23.7 Å². The zero-order chi connectivity index (χ0) is 16.2. The molecule has 1 saturated carbocycles. The number of carbonyl (C=O) groups excluding carboxylic acids is 2. The van der Waals surface area contributed by atoms with Gasteiger partial charge in [-0.1, -0.05) is 19.3 Å². The van der Waals surface area contributed by atoms with E-state index in [1.54, 1.807) is 7.05 Å². The van der Waals surface area contributed by atoms with E-state index in [-0.39, 0.29) is 6.03 Å². The van der Waals surface area contributed by atoms with Gasteiger partial charge in [-0.25, -0.2) is 4.79 Å². The molecule has 0 aromatic heterocycles. The third-order valence-electron chi connectivity index (χ3n) is 6.20. The second-order valence-electron chi connectivity index (χ2n) is 7.55. The summed E-state index contributed by atoms with van der Waals surface area (Å²) in [5.74, 6) is 2.06. The smallest absolute Gasteiger partial charge is 0.317 e. The first kappa shape index (κ1) is 16.6. The van der Waals surface area contributed by atoms with E-state index < -0.39 is 0 Å². The molecule has 0 spiro atoms. The van der Waals surface area contributed by atoms with E-state index >= 15 is 0 Å². The van der Waals surface area contributed by atoms with Crippen LogP contribution in [0.1, 0.15) is 51.4 Å². The van der Waals surface area contributed by atoms with E-state index in [9.17, 15) is 9.59 Å². The van der Waals surface area contributed by atoms with Crippen LogP contribution in [0.2, 0.25) is 0 Å². The molecule has 5 nitrogen and oxygen atoms in total. The summed E-state index contributed by atoms with van der Waals surface area (Å²) >= 11 is 0. The highest BCUT2D eigenvalue weighted by Gasteiger charge is 2.36. The van der Waals surface area contributed by atoms with E-state index in [1.165, 1.54) is 19.3 Å². The molecule has 1 N–H and O–H groups in total. The highest BCUT2D eigenvalue weighted by molar-refractivity contribution is 5.79. The number of likely N-dealkylation sites (tertiary alicyclic amines) is 2. The molecule has 5 heteroatoms. The number of rotatable bonds is 2. The molecule has 1 aliphatic carbocycles. The summed E-state index contributed by atoms with van der Waals surface area (Å²) in [7, 11) is 1.69. The summed E-state index contributed by atoms with van der Waals surface area (Å²) < 4.78 is 0. The predicted octanol–water partition coefficient (Wildman–Crippen LogP) is 2.47. The number of nitrogens with one attached hydrogen (secondary N) is 1. The van der Waals surface area contributed by atoms with Crippen molar-refractivity contribution in [2.24, 2.45) is 17.8 Å². The van der Waals surface area contributed by atoms with Gasteiger partial charge in [-0.3, -0.25) is 4.79 Å². The minimum Gasteiger partial charge on any atom is -0.342 e. The first-order chi connectivity index (χ1) is 11.2. The van der Waals surface area contributed by atoms with Crippen molar-refractivity contribution in [3.63, 3.8) is 0 Å². The number of amides is 3. The number of nitrogens with zero attached hydrogens (tertiary/aromatic N) is 2. The molecule has 3 fully saturated rings. The Morgan fingerprint density at radius 2 is 1.43 bits per heavy atom. The summed E-state index contributed by atoms with van der Waals surface area (Å²) in [5.41, 5.74) is 0. The van der Waals surface area contributed by atoms with Crippen LogP contribution in [0, 0.1) is 17.8 Å². The average molecular weight is 321 g/mol. The van der Waals surface area contributed by atoms with Crippen molar-refractivity contribution in [1.29, 1.82) is 0 Å². The Balaban J connectivity index is 1.46. The van der Waals surface area contributed by atoms with Gasteiger partial charge in [0, 0.05) is 39.1 Å². The molecule has 3 aliphatic rings. The van der Waals surface area contributed by atoms with Crippen LogP contribution in [0.5, 0.6) is 0 Å². The van der Waals surface area contributed by atoms with Crippen molar-refractivity contribution in [2.45, 2.75) is 51.4 Å². The quantitative estimate of drug-likeness (QED) is 0.849. The normalized spacial score (nSPS) is 27.3. The minimum absolute atomic E-state index is 0.0453. The predicted molar refractivity (Wildman–Crippen MR) is 90.0 cm³/mol. The number of hydrogen-bond donors (Lipinski definition) is 1. The first-order valence-corrected chi connectivity index (χ1v) is 9.44.